The molecule has 1 amide bonds. The number of carbonyl (C=O) groups is 1. The number of nitrogens with one attached hydrogen (secondary N) is 2. The topological polar surface area (TPSA) is 189 Å². The number of allylic oxidation sites excluding steroid dienone is 12. The van der Waals surface area contributed by atoms with Crippen molar-refractivity contribution in [2.75, 3.05) is 6.61 Å². The van der Waals surface area contributed by atoms with Crippen LogP contribution >= 0.6 is 0 Å². The molecular formula is C39H45N5O7. The lowest BCUT2D eigenvalue weighted by atomic mass is 9.86. The smallest absolute Gasteiger partial charge is 0.220 e. The fourth-order valence-corrected chi connectivity index (χ4v) is 8.18. The van der Waals surface area contributed by atoms with Gasteiger partial charge >= 0.3 is 0 Å². The molecule has 7 atom stereocenters. The summed E-state index contributed by atoms with van der Waals surface area (Å²) in [5, 5.41) is 58.3. The molecular weight excluding hydrogens is 650 g/mol. The fraction of sp³-hybridized carbons (Fsp3) is 0.436. The zero-order valence-electron chi connectivity index (χ0n) is 29.5. The average Bonchev–Trinajstić information content (AvgIpc) is 3.85. The van der Waals surface area contributed by atoms with Gasteiger partial charge in [-0.15, -0.1) is 0 Å². The van der Waals surface area contributed by atoms with Gasteiger partial charge in [0, 0.05) is 52.8 Å². The van der Waals surface area contributed by atoms with E-state index in [-0.39, 0.29) is 30.4 Å². The maximum Gasteiger partial charge on any atom is 0.220 e. The van der Waals surface area contributed by atoms with Gasteiger partial charge in [0.05, 0.1) is 40.8 Å². The first-order valence-corrected chi connectivity index (χ1v) is 17.6. The molecule has 6 aliphatic heterocycles. The quantitative estimate of drug-likeness (QED) is 0.211. The number of carbonyl (C=O) groups excluding carboxylic acids is 1. The van der Waals surface area contributed by atoms with E-state index in [1.807, 2.05) is 38.2 Å². The lowest BCUT2D eigenvalue weighted by Crippen LogP contribution is -2.64. The van der Waals surface area contributed by atoms with Gasteiger partial charge < -0.3 is 40.9 Å². The number of aliphatic hydroxyl groups excluding tert-OH is 5. The SMILES string of the molecule is C=CC1=C(C)C2=NC1=CC1=NC(=CC3=C(C)C4=C(O)CC(=C5NC(=C2)[C@@H](C)[C@@H]5CCC(=O)NC2C(O)OC(CO)C(O)C2O)C4=N3)C(CC)=C1C. The van der Waals surface area contributed by atoms with E-state index in [1.54, 1.807) is 0 Å². The third-order valence-corrected chi connectivity index (χ3v) is 11.2. The van der Waals surface area contributed by atoms with E-state index in [4.69, 9.17) is 19.7 Å². The highest BCUT2D eigenvalue weighted by Gasteiger charge is 2.45. The molecule has 0 radical (unpaired) electrons. The van der Waals surface area contributed by atoms with Crippen molar-refractivity contribution >= 4 is 23.0 Å². The predicted octanol–water partition coefficient (Wildman–Crippen LogP) is 3.54. The number of amides is 1. The summed E-state index contributed by atoms with van der Waals surface area (Å²) in [7, 11) is 0. The number of hydrogen-bond donors (Lipinski definition) is 7. The zero-order valence-corrected chi connectivity index (χ0v) is 29.5. The number of aliphatic hydroxyl groups is 5. The number of rotatable bonds is 7. The molecule has 2 fully saturated rings. The van der Waals surface area contributed by atoms with Crippen molar-refractivity contribution in [2.24, 2.45) is 26.8 Å². The number of nitrogens with zero attached hydrogens (tertiary/aromatic N) is 3. The molecule has 0 aromatic carbocycles. The van der Waals surface area contributed by atoms with Gasteiger partial charge in [0.2, 0.25) is 5.91 Å². The van der Waals surface area contributed by atoms with E-state index in [0.717, 1.165) is 85.3 Å². The van der Waals surface area contributed by atoms with Gasteiger partial charge in [-0.2, -0.15) is 0 Å². The first kappa shape index (κ1) is 35.0. The third-order valence-electron chi connectivity index (χ3n) is 11.2. The molecule has 1 aliphatic carbocycles. The van der Waals surface area contributed by atoms with E-state index in [9.17, 15) is 30.3 Å². The van der Waals surface area contributed by atoms with Gasteiger partial charge in [0.15, 0.2) is 6.29 Å². The van der Waals surface area contributed by atoms with E-state index < -0.39 is 43.2 Å². The van der Waals surface area contributed by atoms with Gasteiger partial charge in [0.25, 0.3) is 0 Å². The minimum atomic E-state index is -1.61. The number of aliphatic imine (C=N–C) groups is 3. The number of fused-ring (bicyclic) bond motifs is 5. The van der Waals surface area contributed by atoms with Crippen LogP contribution in [0.3, 0.4) is 0 Å². The molecule has 7 N–H and O–H groups in total. The van der Waals surface area contributed by atoms with Crippen LogP contribution in [0.5, 0.6) is 0 Å². The molecule has 0 aromatic heterocycles. The summed E-state index contributed by atoms with van der Waals surface area (Å²) < 4.78 is 5.22. The van der Waals surface area contributed by atoms with Crippen molar-refractivity contribution in [1.29, 1.82) is 0 Å². The minimum absolute atomic E-state index is 0.0303. The van der Waals surface area contributed by atoms with Gasteiger partial charge in [-0.25, -0.2) is 15.0 Å². The Morgan fingerprint density at radius 2 is 1.76 bits per heavy atom. The highest BCUT2D eigenvalue weighted by molar-refractivity contribution is 6.21. The molecule has 0 aromatic rings. The third kappa shape index (κ3) is 5.75. The van der Waals surface area contributed by atoms with Crippen LogP contribution in [-0.2, 0) is 9.53 Å². The van der Waals surface area contributed by atoms with Crippen molar-refractivity contribution in [2.45, 2.75) is 90.9 Å². The minimum Gasteiger partial charge on any atom is -0.511 e. The van der Waals surface area contributed by atoms with Gasteiger partial charge in [-0.3, -0.25) is 4.79 Å². The van der Waals surface area contributed by atoms with Crippen LogP contribution in [-0.4, -0.2) is 85.8 Å². The molecule has 7 rings (SSSR count). The molecule has 12 nitrogen and oxygen atoms in total. The molecule has 12 heteroatoms. The Hall–Kier alpha value is -4.46. The summed E-state index contributed by atoms with van der Waals surface area (Å²) in [4.78, 5) is 28.5. The number of ether oxygens (including phenoxy) is 1. The summed E-state index contributed by atoms with van der Waals surface area (Å²) in [5.74, 6) is -0.482. The van der Waals surface area contributed by atoms with Crippen LogP contribution in [0.2, 0.25) is 0 Å². The molecule has 0 saturated carbocycles. The highest BCUT2D eigenvalue weighted by atomic mass is 16.6. The van der Waals surface area contributed by atoms with Crippen LogP contribution in [0.25, 0.3) is 0 Å². The molecule has 51 heavy (non-hydrogen) atoms. The van der Waals surface area contributed by atoms with Gasteiger partial charge in [0.1, 0.15) is 30.1 Å². The van der Waals surface area contributed by atoms with Gasteiger partial charge in [-0.05, 0) is 74.1 Å². The Morgan fingerprint density at radius 1 is 1.04 bits per heavy atom. The standard InChI is InChI=1S/C39H45N5O7/c1-7-20-16(3)24-12-26-18(5)22(9-10-32(47)44-36-38(49)37(48)31(15-45)51-39(36)50)34(42-26)23-11-30(46)33-19(6)27(43-35(23)33)14-29-21(8-2)17(4)25(41-29)13-28(20)40-24/h7,12-14,18,22,31,36-39,42,45-46,48-50H,1,8-11,15H2,2-6H3,(H,44,47)/t18-,22-,31?,36?,37?,38?,39?/m0/s1. The Kier molecular flexibility index (Phi) is 9.09. The molecule has 268 valence electrons. The Bertz CT molecular complexity index is 1980. The number of hydrogen-bond acceptors (Lipinski definition) is 11. The Morgan fingerprint density at radius 3 is 2.47 bits per heavy atom. The van der Waals surface area contributed by atoms with Crippen LogP contribution in [0.1, 0.15) is 60.3 Å². The lowest BCUT2D eigenvalue weighted by molar-refractivity contribution is -0.253. The maximum atomic E-state index is 13.3. The van der Waals surface area contributed by atoms with Crippen molar-refractivity contribution in [3.05, 3.63) is 104 Å². The summed E-state index contributed by atoms with van der Waals surface area (Å²) in [6.45, 7) is 13.8. The van der Waals surface area contributed by atoms with Crippen molar-refractivity contribution in [3.63, 3.8) is 0 Å². The summed E-state index contributed by atoms with van der Waals surface area (Å²) in [6, 6.07) is -1.28. The van der Waals surface area contributed by atoms with E-state index in [1.165, 1.54) is 0 Å². The van der Waals surface area contributed by atoms with Crippen molar-refractivity contribution < 1.29 is 35.1 Å². The normalized spacial score (nSPS) is 31.5. The lowest BCUT2D eigenvalue weighted by Gasteiger charge is -2.40. The maximum absolute atomic E-state index is 13.3. The van der Waals surface area contributed by atoms with Crippen molar-refractivity contribution in [3.8, 4) is 0 Å². The Balaban J connectivity index is 1.28. The van der Waals surface area contributed by atoms with Crippen LogP contribution in [0.15, 0.2) is 119 Å². The van der Waals surface area contributed by atoms with Crippen molar-refractivity contribution in [1.82, 2.24) is 10.6 Å². The van der Waals surface area contributed by atoms with Crippen LogP contribution in [0.4, 0.5) is 0 Å². The molecule has 7 aliphatic rings. The second-order valence-electron chi connectivity index (χ2n) is 14.1. The second kappa shape index (κ2) is 13.3. The summed E-state index contributed by atoms with van der Waals surface area (Å²) in [5.41, 5.74) is 13.0. The van der Waals surface area contributed by atoms with E-state index in [0.29, 0.717) is 12.1 Å². The molecule has 2 saturated heterocycles. The fourth-order valence-electron chi connectivity index (χ4n) is 8.18. The first-order chi connectivity index (χ1) is 24.4. The zero-order chi connectivity index (χ0) is 36.5. The first-order valence-electron chi connectivity index (χ1n) is 17.6. The monoisotopic (exact) mass is 695 g/mol. The molecule has 0 spiro atoms. The Labute approximate surface area is 296 Å². The average molecular weight is 696 g/mol. The van der Waals surface area contributed by atoms with Gasteiger partial charge in [-0.1, -0.05) is 26.5 Å². The van der Waals surface area contributed by atoms with E-state index >= 15 is 0 Å². The second-order valence-corrected chi connectivity index (χ2v) is 14.1. The summed E-state index contributed by atoms with van der Waals surface area (Å²) >= 11 is 0. The highest BCUT2D eigenvalue weighted by Crippen LogP contribution is 2.46. The van der Waals surface area contributed by atoms with E-state index in [2.05, 4.69) is 38.0 Å². The molecule has 5 unspecified atom stereocenters. The predicted molar refractivity (Wildman–Crippen MR) is 193 cm³/mol. The largest absolute Gasteiger partial charge is 0.511 e. The van der Waals surface area contributed by atoms with Crippen LogP contribution < -0.4 is 10.6 Å². The van der Waals surface area contributed by atoms with Crippen LogP contribution in [0, 0.1) is 11.8 Å². The molecule has 6 heterocycles. The molecule has 8 bridgehead atoms. The summed E-state index contributed by atoms with van der Waals surface area (Å²) in [6.07, 6.45) is 3.57.